The zero-order valence-corrected chi connectivity index (χ0v) is 18.2. The van der Waals surface area contributed by atoms with Gasteiger partial charge in [-0.15, -0.1) is 0 Å². The molecule has 4 rings (SSSR count). The van der Waals surface area contributed by atoms with E-state index in [0.29, 0.717) is 39.6 Å². The van der Waals surface area contributed by atoms with Crippen LogP contribution in [0, 0.1) is 5.92 Å². The third-order valence-corrected chi connectivity index (χ3v) is 7.55. The number of methoxy groups -OCH3 is 1. The maximum atomic E-state index is 13.0. The second kappa shape index (κ2) is 7.24. The molecule has 0 spiro atoms. The maximum Gasteiger partial charge on any atom is 0.263 e. The van der Waals surface area contributed by atoms with Crippen molar-refractivity contribution in [1.82, 2.24) is 0 Å². The van der Waals surface area contributed by atoms with Gasteiger partial charge in [0.1, 0.15) is 10.6 Å². The first kappa shape index (κ1) is 19.5. The molecule has 1 fully saturated rings. The number of fused-ring (bicyclic) bond motifs is 1. The molecule has 2 aromatic carbocycles. The first-order valence-corrected chi connectivity index (χ1v) is 11.5. The number of hydrogen-bond acceptors (Lipinski definition) is 4. The summed E-state index contributed by atoms with van der Waals surface area (Å²) in [6, 6.07) is 8.01. The van der Waals surface area contributed by atoms with Crippen LogP contribution in [0.3, 0.4) is 0 Å². The van der Waals surface area contributed by atoms with Crippen molar-refractivity contribution >= 4 is 54.8 Å². The quantitative estimate of drug-likeness (QED) is 0.688. The van der Waals surface area contributed by atoms with E-state index in [1.807, 2.05) is 0 Å². The van der Waals surface area contributed by atoms with Crippen molar-refractivity contribution in [3.8, 4) is 5.75 Å². The second-order valence-corrected chi connectivity index (χ2v) is 9.79. The fourth-order valence-electron chi connectivity index (χ4n) is 3.31. The Balaban J connectivity index is 1.67. The molecule has 1 amide bonds. The van der Waals surface area contributed by atoms with Crippen LogP contribution in [0.25, 0.3) is 0 Å². The van der Waals surface area contributed by atoms with Crippen molar-refractivity contribution in [3.05, 3.63) is 45.4 Å². The minimum Gasteiger partial charge on any atom is -0.495 e. The predicted octanol–water partition coefficient (Wildman–Crippen LogP) is 4.21. The van der Waals surface area contributed by atoms with E-state index in [2.05, 4.69) is 20.7 Å². The smallest absolute Gasteiger partial charge is 0.263 e. The molecule has 6 nitrogen and oxygen atoms in total. The Morgan fingerprint density at radius 1 is 1.29 bits per heavy atom. The number of ether oxygens (including phenoxy) is 1. The molecule has 0 radical (unpaired) electrons. The van der Waals surface area contributed by atoms with Crippen LogP contribution in [-0.4, -0.2) is 28.0 Å². The summed E-state index contributed by atoms with van der Waals surface area (Å²) in [4.78, 5) is 14.3. The number of anilines is 2. The molecule has 1 aliphatic heterocycles. The van der Waals surface area contributed by atoms with Gasteiger partial charge >= 0.3 is 0 Å². The molecular weight excluding hydrogens is 468 g/mol. The number of carbonyl (C=O) groups excluding carboxylic acids is 1. The standard InChI is InChI=1S/C19H18BrClN2O4S/c1-27-17-5-4-13(9-15(17)21)22-28(25,26)18-10-16-12(8-14(18)20)6-7-23(16)19(24)11-2-3-11/h4-5,8-11,22H,2-3,6-7H2,1H3. The van der Waals surface area contributed by atoms with Crippen molar-refractivity contribution in [2.75, 3.05) is 23.3 Å². The Morgan fingerprint density at radius 2 is 2.04 bits per heavy atom. The van der Waals surface area contributed by atoms with E-state index < -0.39 is 10.0 Å². The number of nitrogens with zero attached hydrogens (tertiary/aromatic N) is 1. The summed E-state index contributed by atoms with van der Waals surface area (Å²) in [6.07, 6.45) is 2.53. The number of hydrogen-bond donors (Lipinski definition) is 1. The van der Waals surface area contributed by atoms with Gasteiger partial charge in [-0.05, 0) is 71.1 Å². The van der Waals surface area contributed by atoms with Crippen molar-refractivity contribution in [1.29, 1.82) is 0 Å². The highest BCUT2D eigenvalue weighted by Crippen LogP contribution is 2.40. The number of amides is 1. The molecule has 148 valence electrons. The SMILES string of the molecule is COc1ccc(NS(=O)(=O)c2cc3c(cc2Br)CCN3C(=O)C2CC2)cc1Cl. The van der Waals surface area contributed by atoms with E-state index in [0.717, 1.165) is 18.4 Å². The Kier molecular flexibility index (Phi) is 5.05. The van der Waals surface area contributed by atoms with Gasteiger partial charge in [0.25, 0.3) is 10.0 Å². The zero-order chi connectivity index (χ0) is 20.1. The van der Waals surface area contributed by atoms with Crippen molar-refractivity contribution < 1.29 is 17.9 Å². The summed E-state index contributed by atoms with van der Waals surface area (Å²) in [6.45, 7) is 0.585. The van der Waals surface area contributed by atoms with Crippen LogP contribution in [0.15, 0.2) is 39.7 Å². The number of nitrogens with one attached hydrogen (secondary N) is 1. The van der Waals surface area contributed by atoms with Crippen LogP contribution in [0.4, 0.5) is 11.4 Å². The molecule has 28 heavy (non-hydrogen) atoms. The normalized spacial score (nSPS) is 16.0. The molecule has 2 aliphatic rings. The number of halogens is 2. The fraction of sp³-hybridized carbons (Fsp3) is 0.316. The van der Waals surface area contributed by atoms with E-state index in [1.54, 1.807) is 29.2 Å². The Labute approximate surface area is 177 Å². The van der Waals surface area contributed by atoms with E-state index in [1.165, 1.54) is 13.2 Å². The largest absolute Gasteiger partial charge is 0.495 e. The summed E-state index contributed by atoms with van der Waals surface area (Å²) < 4.78 is 34.1. The van der Waals surface area contributed by atoms with E-state index in [9.17, 15) is 13.2 Å². The van der Waals surface area contributed by atoms with Gasteiger partial charge in [0.15, 0.2) is 0 Å². The lowest BCUT2D eigenvalue weighted by Crippen LogP contribution is -2.30. The van der Waals surface area contributed by atoms with Crippen LogP contribution in [-0.2, 0) is 21.2 Å². The summed E-state index contributed by atoms with van der Waals surface area (Å²) in [5.74, 6) is 0.617. The first-order valence-electron chi connectivity index (χ1n) is 8.80. The van der Waals surface area contributed by atoms with Crippen molar-refractivity contribution in [2.24, 2.45) is 5.92 Å². The molecule has 1 saturated carbocycles. The molecule has 0 atom stereocenters. The zero-order valence-electron chi connectivity index (χ0n) is 15.0. The van der Waals surface area contributed by atoms with Gasteiger partial charge in [0.2, 0.25) is 5.91 Å². The lowest BCUT2D eigenvalue weighted by atomic mass is 10.2. The molecule has 9 heteroatoms. The van der Waals surface area contributed by atoms with Gasteiger partial charge in [0.05, 0.1) is 17.8 Å². The Bertz CT molecular complexity index is 1070. The van der Waals surface area contributed by atoms with Crippen molar-refractivity contribution in [2.45, 2.75) is 24.2 Å². The lowest BCUT2D eigenvalue weighted by molar-refractivity contribution is -0.119. The number of rotatable bonds is 5. The third-order valence-electron chi connectivity index (χ3n) is 4.91. The molecule has 0 aromatic heterocycles. The van der Waals surface area contributed by atoms with Crippen molar-refractivity contribution in [3.63, 3.8) is 0 Å². The molecule has 0 saturated heterocycles. The summed E-state index contributed by atoms with van der Waals surface area (Å²) >= 11 is 9.45. The van der Waals surface area contributed by atoms with Gasteiger partial charge in [-0.1, -0.05) is 11.6 Å². The highest BCUT2D eigenvalue weighted by atomic mass is 79.9. The Hall–Kier alpha value is -1.77. The molecule has 2 aromatic rings. The Morgan fingerprint density at radius 3 is 2.68 bits per heavy atom. The summed E-state index contributed by atoms with van der Waals surface area (Å²) in [5, 5.41) is 0.303. The van der Waals surface area contributed by atoms with Gasteiger partial charge < -0.3 is 9.64 Å². The molecule has 1 N–H and O–H groups in total. The summed E-state index contributed by atoms with van der Waals surface area (Å²) in [5.41, 5.74) is 1.96. The predicted molar refractivity (Wildman–Crippen MR) is 112 cm³/mol. The summed E-state index contributed by atoms with van der Waals surface area (Å²) in [7, 11) is -2.40. The number of sulfonamides is 1. The van der Waals surface area contributed by atoms with Crippen LogP contribution < -0.4 is 14.4 Å². The van der Waals surface area contributed by atoms with Crippen LogP contribution in [0.2, 0.25) is 5.02 Å². The van der Waals surface area contributed by atoms with E-state index in [-0.39, 0.29) is 16.7 Å². The monoisotopic (exact) mass is 484 g/mol. The minimum atomic E-state index is -3.89. The molecule has 1 aliphatic carbocycles. The van der Waals surface area contributed by atoms with Crippen LogP contribution in [0.1, 0.15) is 18.4 Å². The van der Waals surface area contributed by atoms with Gasteiger partial charge in [-0.25, -0.2) is 8.42 Å². The second-order valence-electron chi connectivity index (χ2n) is 6.88. The molecule has 1 heterocycles. The number of carbonyl (C=O) groups is 1. The first-order chi connectivity index (χ1) is 13.3. The van der Waals surface area contributed by atoms with Crippen LogP contribution in [0.5, 0.6) is 5.75 Å². The molecule has 0 bridgehead atoms. The topological polar surface area (TPSA) is 75.7 Å². The van der Waals surface area contributed by atoms with Gasteiger partial charge in [-0.3, -0.25) is 9.52 Å². The fourth-order valence-corrected chi connectivity index (χ4v) is 5.73. The minimum absolute atomic E-state index is 0.0775. The maximum absolute atomic E-state index is 13.0. The van der Waals surface area contributed by atoms with E-state index in [4.69, 9.17) is 16.3 Å². The van der Waals surface area contributed by atoms with E-state index >= 15 is 0 Å². The average molecular weight is 486 g/mol. The third kappa shape index (κ3) is 3.60. The molecule has 0 unspecified atom stereocenters. The average Bonchev–Trinajstić information content (AvgIpc) is 3.41. The highest BCUT2D eigenvalue weighted by molar-refractivity contribution is 9.10. The lowest BCUT2D eigenvalue weighted by Gasteiger charge is -2.19. The molecular formula is C19H18BrClN2O4S. The van der Waals surface area contributed by atoms with Gasteiger partial charge in [0, 0.05) is 22.6 Å². The van der Waals surface area contributed by atoms with Gasteiger partial charge in [-0.2, -0.15) is 0 Å². The van der Waals surface area contributed by atoms with Crippen LogP contribution >= 0.6 is 27.5 Å². The number of benzene rings is 2. The highest BCUT2D eigenvalue weighted by Gasteiger charge is 2.37.